The molecule has 0 aromatic heterocycles. The van der Waals surface area contributed by atoms with Gasteiger partial charge in [-0.05, 0) is 87.2 Å². The van der Waals surface area contributed by atoms with Gasteiger partial charge in [0.2, 0.25) is 0 Å². The Morgan fingerprint density at radius 3 is 2.23 bits per heavy atom. The van der Waals surface area contributed by atoms with E-state index >= 15 is 0 Å². The van der Waals surface area contributed by atoms with Crippen molar-refractivity contribution in [3.05, 3.63) is 64.2 Å². The van der Waals surface area contributed by atoms with Gasteiger partial charge in [-0.25, -0.2) is 0 Å². The SMILES string of the molecule is CCN(CCOc1ccc(C(C)N2CCN(C(=O)c3ccc(C(F)(F)F)cc3)CC2)c(C)c1C)C1CCCCC1. The van der Waals surface area contributed by atoms with Crippen LogP contribution in [0.25, 0.3) is 0 Å². The molecule has 0 radical (unpaired) electrons. The van der Waals surface area contributed by atoms with E-state index in [1.54, 1.807) is 4.90 Å². The van der Waals surface area contributed by atoms with Gasteiger partial charge in [-0.15, -0.1) is 0 Å². The molecule has 4 rings (SSSR count). The van der Waals surface area contributed by atoms with E-state index in [9.17, 15) is 18.0 Å². The minimum Gasteiger partial charge on any atom is -0.492 e. The second-order valence-corrected chi connectivity index (χ2v) is 11.3. The van der Waals surface area contributed by atoms with Gasteiger partial charge in [-0.1, -0.05) is 32.3 Å². The number of hydrogen-bond donors (Lipinski definition) is 0. The quantitative estimate of drug-likeness (QED) is 0.336. The fourth-order valence-corrected chi connectivity index (χ4v) is 6.24. The van der Waals surface area contributed by atoms with E-state index in [2.05, 4.69) is 49.6 Å². The molecule has 2 fully saturated rings. The number of benzene rings is 2. The first-order valence-electron chi connectivity index (χ1n) is 14.8. The molecule has 0 N–H and O–H groups in total. The maximum atomic E-state index is 12.9. The maximum Gasteiger partial charge on any atom is 0.416 e. The van der Waals surface area contributed by atoms with Gasteiger partial charge in [0.25, 0.3) is 5.91 Å². The molecular formula is C32H44F3N3O2. The summed E-state index contributed by atoms with van der Waals surface area (Å²) in [5.74, 6) is 0.722. The molecule has 40 heavy (non-hydrogen) atoms. The van der Waals surface area contributed by atoms with E-state index in [0.29, 0.717) is 38.8 Å². The second-order valence-electron chi connectivity index (χ2n) is 11.3. The van der Waals surface area contributed by atoms with Gasteiger partial charge in [0.1, 0.15) is 12.4 Å². The van der Waals surface area contributed by atoms with Crippen LogP contribution in [0.2, 0.25) is 0 Å². The summed E-state index contributed by atoms with van der Waals surface area (Å²) < 4.78 is 44.9. The number of piperazine rings is 1. The number of likely N-dealkylation sites (N-methyl/N-ethyl adjacent to an activating group) is 1. The Labute approximate surface area is 237 Å². The number of carbonyl (C=O) groups excluding carboxylic acids is 1. The van der Waals surface area contributed by atoms with E-state index in [1.165, 1.54) is 60.9 Å². The van der Waals surface area contributed by atoms with Crippen LogP contribution >= 0.6 is 0 Å². The first kappa shape index (κ1) is 30.4. The monoisotopic (exact) mass is 559 g/mol. The average molecular weight is 560 g/mol. The molecule has 1 saturated carbocycles. The Hall–Kier alpha value is -2.58. The lowest BCUT2D eigenvalue weighted by Gasteiger charge is -2.39. The van der Waals surface area contributed by atoms with Crippen LogP contribution < -0.4 is 4.74 Å². The third-order valence-corrected chi connectivity index (χ3v) is 8.97. The van der Waals surface area contributed by atoms with Gasteiger partial charge in [0, 0.05) is 50.4 Å². The highest BCUT2D eigenvalue weighted by Crippen LogP contribution is 2.32. The van der Waals surface area contributed by atoms with Gasteiger partial charge in [-0.3, -0.25) is 14.6 Å². The molecule has 2 aliphatic rings. The Morgan fingerprint density at radius 2 is 1.62 bits per heavy atom. The lowest BCUT2D eigenvalue weighted by atomic mass is 9.94. The van der Waals surface area contributed by atoms with Crippen LogP contribution in [0.1, 0.15) is 84.6 Å². The molecule has 1 aliphatic carbocycles. The lowest BCUT2D eigenvalue weighted by molar-refractivity contribution is -0.137. The third kappa shape index (κ3) is 7.19. The number of halogens is 3. The summed E-state index contributed by atoms with van der Waals surface area (Å²) in [5.41, 5.74) is 3.20. The molecule has 1 heterocycles. The molecule has 0 bridgehead atoms. The standard InChI is InChI=1S/C32H44F3N3O2/c1-5-36(28-9-7-6-8-10-28)21-22-40-30-16-15-29(23(2)24(30)3)25(4)37-17-19-38(20-18-37)31(39)26-11-13-27(14-12-26)32(33,34)35/h11-16,25,28H,5-10,17-22H2,1-4H3. The molecule has 2 aromatic rings. The molecule has 1 unspecified atom stereocenters. The number of nitrogens with zero attached hydrogens (tertiary/aromatic N) is 3. The Balaban J connectivity index is 1.30. The minimum atomic E-state index is -4.41. The van der Waals surface area contributed by atoms with Crippen molar-refractivity contribution in [1.82, 2.24) is 14.7 Å². The van der Waals surface area contributed by atoms with Gasteiger partial charge in [-0.2, -0.15) is 13.2 Å². The average Bonchev–Trinajstić information content (AvgIpc) is 2.97. The minimum absolute atomic E-state index is 0.179. The zero-order chi connectivity index (χ0) is 28.9. The van der Waals surface area contributed by atoms with Crippen molar-refractivity contribution in [3.63, 3.8) is 0 Å². The molecule has 2 aromatic carbocycles. The molecule has 0 spiro atoms. The summed E-state index contributed by atoms with van der Waals surface area (Å²) in [4.78, 5) is 19.6. The number of hydrogen-bond acceptors (Lipinski definition) is 4. The van der Waals surface area contributed by atoms with Crippen molar-refractivity contribution < 1.29 is 22.7 Å². The summed E-state index contributed by atoms with van der Waals surface area (Å²) in [6.07, 6.45) is 2.24. The van der Waals surface area contributed by atoms with Crippen molar-refractivity contribution in [2.24, 2.45) is 0 Å². The van der Waals surface area contributed by atoms with E-state index in [0.717, 1.165) is 31.0 Å². The van der Waals surface area contributed by atoms with Crippen molar-refractivity contribution in [2.75, 3.05) is 45.9 Å². The van der Waals surface area contributed by atoms with Gasteiger partial charge < -0.3 is 9.64 Å². The first-order valence-corrected chi connectivity index (χ1v) is 14.8. The fraction of sp³-hybridized carbons (Fsp3) is 0.594. The molecule has 8 heteroatoms. The van der Waals surface area contributed by atoms with Crippen LogP contribution in [-0.4, -0.2) is 72.5 Å². The lowest BCUT2D eigenvalue weighted by Crippen LogP contribution is -2.49. The number of alkyl halides is 3. The molecule has 5 nitrogen and oxygen atoms in total. The van der Waals surface area contributed by atoms with Crippen LogP contribution in [0, 0.1) is 13.8 Å². The van der Waals surface area contributed by atoms with Crippen LogP contribution in [0.4, 0.5) is 13.2 Å². The highest BCUT2D eigenvalue weighted by atomic mass is 19.4. The third-order valence-electron chi connectivity index (χ3n) is 8.97. The van der Waals surface area contributed by atoms with E-state index in [4.69, 9.17) is 4.74 Å². The second kappa shape index (κ2) is 13.4. The Bertz CT molecular complexity index is 1120. The number of rotatable bonds is 9. The molecular weight excluding hydrogens is 515 g/mol. The van der Waals surface area contributed by atoms with E-state index < -0.39 is 11.7 Å². The molecule has 1 amide bonds. The predicted molar refractivity (Wildman–Crippen MR) is 153 cm³/mol. The van der Waals surface area contributed by atoms with E-state index in [-0.39, 0.29) is 17.5 Å². The highest BCUT2D eigenvalue weighted by Gasteiger charge is 2.31. The van der Waals surface area contributed by atoms with Gasteiger partial charge in [0.15, 0.2) is 0 Å². The molecule has 1 saturated heterocycles. The van der Waals surface area contributed by atoms with Crippen LogP contribution in [0.3, 0.4) is 0 Å². The number of ether oxygens (including phenoxy) is 1. The van der Waals surface area contributed by atoms with Crippen molar-refractivity contribution in [2.45, 2.75) is 78.1 Å². The van der Waals surface area contributed by atoms with Crippen LogP contribution in [-0.2, 0) is 6.18 Å². The summed E-state index contributed by atoms with van der Waals surface area (Å²) in [6, 6.07) is 9.62. The topological polar surface area (TPSA) is 36.0 Å². The molecule has 1 aliphatic heterocycles. The summed E-state index contributed by atoms with van der Waals surface area (Å²) in [6.45, 7) is 13.9. The molecule has 1 atom stereocenters. The predicted octanol–water partition coefficient (Wildman–Crippen LogP) is 6.87. The van der Waals surface area contributed by atoms with Crippen molar-refractivity contribution in [3.8, 4) is 5.75 Å². The van der Waals surface area contributed by atoms with E-state index in [1.807, 2.05) is 0 Å². The number of carbonyl (C=O) groups is 1. The van der Waals surface area contributed by atoms with Crippen LogP contribution in [0.15, 0.2) is 36.4 Å². The first-order chi connectivity index (χ1) is 19.1. The largest absolute Gasteiger partial charge is 0.492 e. The van der Waals surface area contributed by atoms with Crippen LogP contribution in [0.5, 0.6) is 5.75 Å². The molecule has 220 valence electrons. The number of amides is 1. The van der Waals surface area contributed by atoms with Gasteiger partial charge >= 0.3 is 6.18 Å². The summed E-state index contributed by atoms with van der Waals surface area (Å²) in [5, 5.41) is 0. The normalized spacial score (nSPS) is 18.2. The Kier molecular flexibility index (Phi) is 10.2. The van der Waals surface area contributed by atoms with Crippen molar-refractivity contribution >= 4 is 5.91 Å². The fourth-order valence-electron chi connectivity index (χ4n) is 6.24. The highest BCUT2D eigenvalue weighted by molar-refractivity contribution is 5.94. The summed E-state index contributed by atoms with van der Waals surface area (Å²) in [7, 11) is 0. The van der Waals surface area contributed by atoms with Crippen molar-refractivity contribution in [1.29, 1.82) is 0 Å². The smallest absolute Gasteiger partial charge is 0.416 e. The van der Waals surface area contributed by atoms with Gasteiger partial charge in [0.05, 0.1) is 5.56 Å². The Morgan fingerprint density at radius 1 is 0.975 bits per heavy atom. The summed E-state index contributed by atoms with van der Waals surface area (Å²) >= 11 is 0. The zero-order valence-electron chi connectivity index (χ0n) is 24.4. The maximum absolute atomic E-state index is 12.9. The zero-order valence-corrected chi connectivity index (χ0v) is 24.4.